The maximum Gasteiger partial charge on any atom is 0.203 e. The second kappa shape index (κ2) is 10.3. The molecule has 7 heteroatoms. The van der Waals surface area contributed by atoms with E-state index in [0.29, 0.717) is 35.2 Å². The maximum absolute atomic E-state index is 12.4. The zero-order valence-corrected chi connectivity index (χ0v) is 16.9. The fraction of sp³-hybridized carbons (Fsp3) is 0.667. The van der Waals surface area contributed by atoms with Crippen LogP contribution in [0, 0.1) is 5.92 Å². The third kappa shape index (κ3) is 7.99. The van der Waals surface area contributed by atoms with Crippen molar-refractivity contribution >= 4 is 30.6 Å². The largest absolute Gasteiger partial charge is 0.391 e. The number of benzene rings is 1. The summed E-state index contributed by atoms with van der Waals surface area (Å²) in [7, 11) is -3.26. The number of aliphatic hydroxyl groups is 1. The minimum absolute atomic E-state index is 0.0245. The summed E-state index contributed by atoms with van der Waals surface area (Å²) < 4.78 is 12.4. The zero-order chi connectivity index (χ0) is 18.3. The van der Waals surface area contributed by atoms with Gasteiger partial charge in [0.1, 0.15) is 0 Å². The van der Waals surface area contributed by atoms with Crippen molar-refractivity contribution in [1.82, 2.24) is 5.32 Å². The molecule has 4 nitrogen and oxygen atoms in total. The summed E-state index contributed by atoms with van der Waals surface area (Å²) in [6.07, 6.45) is 5.92. The van der Waals surface area contributed by atoms with Gasteiger partial charge in [0.25, 0.3) is 0 Å². The van der Waals surface area contributed by atoms with E-state index in [1.54, 1.807) is 6.07 Å². The summed E-state index contributed by atoms with van der Waals surface area (Å²) in [6, 6.07) is 5.51. The number of rotatable bonds is 9. The summed E-state index contributed by atoms with van der Waals surface area (Å²) in [4.78, 5) is 10.2. The molecule has 1 aromatic carbocycles. The van der Waals surface area contributed by atoms with Crippen molar-refractivity contribution in [2.24, 2.45) is 5.92 Å². The lowest BCUT2D eigenvalue weighted by Crippen LogP contribution is -2.31. The number of hydrogen-bond donors (Lipinski definition) is 3. The third-order valence-corrected chi connectivity index (χ3v) is 7.54. The van der Waals surface area contributed by atoms with Crippen LogP contribution >= 0.6 is 30.6 Å². The summed E-state index contributed by atoms with van der Waals surface area (Å²) in [5.74, 6) is 0.347. The van der Waals surface area contributed by atoms with Crippen molar-refractivity contribution in [3.05, 3.63) is 33.8 Å². The summed E-state index contributed by atoms with van der Waals surface area (Å²) in [6.45, 7) is 0.976. The SMILES string of the molecule is O=P(O)(CC1CCCCC1)C[C@@H](O)CNCCc1ccc(Cl)c(Cl)c1. The average Bonchev–Trinajstić information content (AvgIpc) is 2.55. The molecule has 25 heavy (non-hydrogen) atoms. The maximum atomic E-state index is 12.4. The molecule has 0 aliphatic heterocycles. The van der Waals surface area contributed by atoms with E-state index >= 15 is 0 Å². The first-order chi connectivity index (χ1) is 11.9. The highest BCUT2D eigenvalue weighted by Crippen LogP contribution is 2.45. The molecule has 0 spiro atoms. The monoisotopic (exact) mass is 407 g/mol. The van der Waals surface area contributed by atoms with Gasteiger partial charge in [0, 0.05) is 12.7 Å². The molecule has 1 saturated carbocycles. The lowest BCUT2D eigenvalue weighted by Gasteiger charge is -2.25. The molecule has 0 amide bonds. The van der Waals surface area contributed by atoms with E-state index in [0.717, 1.165) is 37.7 Å². The van der Waals surface area contributed by atoms with E-state index in [1.807, 2.05) is 12.1 Å². The van der Waals surface area contributed by atoms with Gasteiger partial charge in [-0.2, -0.15) is 0 Å². The molecule has 1 fully saturated rings. The molecule has 2 atom stereocenters. The first-order valence-electron chi connectivity index (χ1n) is 8.99. The van der Waals surface area contributed by atoms with Crippen LogP contribution in [-0.4, -0.2) is 41.5 Å². The topological polar surface area (TPSA) is 69.6 Å². The molecule has 0 heterocycles. The lowest BCUT2D eigenvalue weighted by atomic mass is 9.91. The number of aliphatic hydroxyl groups excluding tert-OH is 1. The van der Waals surface area contributed by atoms with E-state index in [-0.39, 0.29) is 6.16 Å². The van der Waals surface area contributed by atoms with Crippen LogP contribution in [0.25, 0.3) is 0 Å². The molecule has 0 saturated heterocycles. The Bertz CT molecular complexity index is 594. The molecule has 1 unspecified atom stereocenters. The van der Waals surface area contributed by atoms with Crippen LogP contribution in [0.5, 0.6) is 0 Å². The predicted octanol–water partition coefficient (Wildman–Crippen LogP) is 4.34. The number of nitrogens with one attached hydrogen (secondary N) is 1. The Balaban J connectivity index is 1.66. The van der Waals surface area contributed by atoms with Crippen LogP contribution in [-0.2, 0) is 11.0 Å². The molecule has 1 aromatic rings. The fourth-order valence-corrected chi connectivity index (χ4v) is 5.87. The standard InChI is InChI=1S/C18H28Cl2NO3P/c19-17-7-6-14(10-18(17)20)8-9-21-11-16(22)13-25(23,24)12-15-4-2-1-3-5-15/h6-7,10,15-16,21-22H,1-5,8-9,11-13H2,(H,23,24)/t16-/m0/s1. The summed E-state index contributed by atoms with van der Waals surface area (Å²) in [5.41, 5.74) is 1.06. The molecule has 142 valence electrons. The number of hydrogen-bond acceptors (Lipinski definition) is 3. The minimum Gasteiger partial charge on any atom is -0.391 e. The molecule has 0 bridgehead atoms. The Morgan fingerprint density at radius 2 is 1.92 bits per heavy atom. The van der Waals surface area contributed by atoms with E-state index in [1.165, 1.54) is 6.42 Å². The van der Waals surface area contributed by atoms with Crippen LogP contribution in [0.2, 0.25) is 10.0 Å². The molecular formula is C18H28Cl2NO3P. The van der Waals surface area contributed by atoms with Crippen LogP contribution in [0.4, 0.5) is 0 Å². The lowest BCUT2D eigenvalue weighted by molar-refractivity contribution is 0.190. The number of halogens is 2. The summed E-state index contributed by atoms with van der Waals surface area (Å²) in [5, 5.41) is 14.3. The highest BCUT2D eigenvalue weighted by Gasteiger charge is 2.27. The van der Waals surface area contributed by atoms with Gasteiger partial charge in [0.2, 0.25) is 7.37 Å². The zero-order valence-electron chi connectivity index (χ0n) is 14.5. The second-order valence-electron chi connectivity index (χ2n) is 7.07. The normalized spacial score (nSPS) is 19.5. The van der Waals surface area contributed by atoms with Crippen molar-refractivity contribution in [3.8, 4) is 0 Å². The van der Waals surface area contributed by atoms with Crippen LogP contribution in [0.15, 0.2) is 18.2 Å². The highest BCUT2D eigenvalue weighted by molar-refractivity contribution is 7.58. The third-order valence-electron chi connectivity index (χ3n) is 4.72. The van der Waals surface area contributed by atoms with Gasteiger partial charge < -0.3 is 15.3 Å². The van der Waals surface area contributed by atoms with Crippen molar-refractivity contribution < 1.29 is 14.6 Å². The molecule has 3 N–H and O–H groups in total. The quantitative estimate of drug-likeness (QED) is 0.420. The van der Waals surface area contributed by atoms with Crippen molar-refractivity contribution in [3.63, 3.8) is 0 Å². The van der Waals surface area contributed by atoms with Crippen molar-refractivity contribution in [2.45, 2.75) is 44.6 Å². The van der Waals surface area contributed by atoms with Gasteiger partial charge in [0.05, 0.1) is 22.3 Å². The van der Waals surface area contributed by atoms with E-state index < -0.39 is 13.5 Å². The van der Waals surface area contributed by atoms with E-state index in [9.17, 15) is 14.6 Å². The Morgan fingerprint density at radius 3 is 2.60 bits per heavy atom. The van der Waals surface area contributed by atoms with Crippen LogP contribution in [0.3, 0.4) is 0 Å². The smallest absolute Gasteiger partial charge is 0.203 e. The molecule has 1 aliphatic carbocycles. The van der Waals surface area contributed by atoms with Crippen molar-refractivity contribution in [2.75, 3.05) is 25.4 Å². The predicted molar refractivity (Wildman–Crippen MR) is 105 cm³/mol. The van der Waals surface area contributed by atoms with Gasteiger partial charge in [-0.1, -0.05) is 48.5 Å². The molecule has 1 aliphatic rings. The molecule has 0 aromatic heterocycles. The van der Waals surface area contributed by atoms with Gasteiger partial charge >= 0.3 is 0 Å². The van der Waals surface area contributed by atoms with Gasteiger partial charge in [-0.25, -0.2) is 0 Å². The molecular weight excluding hydrogens is 380 g/mol. The Morgan fingerprint density at radius 1 is 1.20 bits per heavy atom. The van der Waals surface area contributed by atoms with Gasteiger partial charge in [-0.15, -0.1) is 0 Å². The van der Waals surface area contributed by atoms with Crippen LogP contribution in [0.1, 0.15) is 37.7 Å². The Hall–Kier alpha value is -0.0900. The van der Waals surface area contributed by atoms with E-state index in [4.69, 9.17) is 23.2 Å². The van der Waals surface area contributed by atoms with Gasteiger partial charge in [-0.05, 0) is 49.4 Å². The Kier molecular flexibility index (Phi) is 8.74. The van der Waals surface area contributed by atoms with E-state index in [2.05, 4.69) is 5.32 Å². The first kappa shape index (κ1) is 21.2. The van der Waals surface area contributed by atoms with Gasteiger partial charge in [-0.3, -0.25) is 4.57 Å². The fourth-order valence-electron chi connectivity index (χ4n) is 3.44. The minimum atomic E-state index is -3.26. The highest BCUT2D eigenvalue weighted by atomic mass is 35.5. The first-order valence-corrected chi connectivity index (χ1v) is 11.8. The van der Waals surface area contributed by atoms with Gasteiger partial charge in [0.15, 0.2) is 0 Å². The average molecular weight is 408 g/mol. The van der Waals surface area contributed by atoms with Crippen LogP contribution < -0.4 is 5.32 Å². The Labute approximate surface area is 160 Å². The second-order valence-corrected chi connectivity index (χ2v) is 10.3. The summed E-state index contributed by atoms with van der Waals surface area (Å²) >= 11 is 11.9. The molecule has 2 rings (SSSR count). The van der Waals surface area contributed by atoms with Crippen molar-refractivity contribution in [1.29, 1.82) is 0 Å². The molecule has 0 radical (unpaired) electrons.